The number of aryl methyl sites for hydroxylation is 2. The molecule has 19 heavy (non-hydrogen) atoms. The minimum absolute atomic E-state index is 0.0907. The van der Waals surface area contributed by atoms with Gasteiger partial charge in [-0.1, -0.05) is 6.92 Å². The van der Waals surface area contributed by atoms with E-state index in [-0.39, 0.29) is 5.91 Å². The molecule has 0 aromatic carbocycles. The van der Waals surface area contributed by atoms with Gasteiger partial charge in [0.05, 0.1) is 5.69 Å². The predicted molar refractivity (Wildman–Crippen MR) is 74.0 cm³/mol. The van der Waals surface area contributed by atoms with E-state index in [1.54, 1.807) is 12.3 Å². The van der Waals surface area contributed by atoms with Crippen molar-refractivity contribution < 1.29 is 4.79 Å². The van der Waals surface area contributed by atoms with Gasteiger partial charge in [0.2, 0.25) is 0 Å². The number of nitrogens with one attached hydrogen (secondary N) is 2. The van der Waals surface area contributed by atoms with Gasteiger partial charge in [-0.15, -0.1) is 0 Å². The number of nitrogens with zero attached hydrogens (tertiary/aromatic N) is 2. The van der Waals surface area contributed by atoms with E-state index in [2.05, 4.69) is 22.3 Å². The lowest BCUT2D eigenvalue weighted by molar-refractivity contribution is 0.0946. The van der Waals surface area contributed by atoms with Gasteiger partial charge in [-0.25, -0.2) is 0 Å². The van der Waals surface area contributed by atoms with Crippen molar-refractivity contribution in [3.63, 3.8) is 0 Å². The maximum Gasteiger partial charge on any atom is 0.267 e. The summed E-state index contributed by atoms with van der Waals surface area (Å²) in [6.45, 7) is 7.58. The Morgan fingerprint density at radius 2 is 2.26 bits per heavy atom. The number of carbonyl (C=O) groups excluding carboxylic acids is 1. The molecule has 0 aliphatic heterocycles. The molecule has 5 heteroatoms. The summed E-state index contributed by atoms with van der Waals surface area (Å²) in [4.78, 5) is 14.8. The SMILES string of the molecule is CCCn1nc(C)c(CNC(=O)c2ccc[nH]2)c1C. The summed E-state index contributed by atoms with van der Waals surface area (Å²) in [5.74, 6) is -0.0907. The number of aromatic amines is 1. The molecule has 0 unspecified atom stereocenters. The van der Waals surface area contributed by atoms with Crippen molar-refractivity contribution in [2.45, 2.75) is 40.3 Å². The number of rotatable bonds is 5. The summed E-state index contributed by atoms with van der Waals surface area (Å²) >= 11 is 0. The van der Waals surface area contributed by atoms with E-state index in [0.29, 0.717) is 12.2 Å². The van der Waals surface area contributed by atoms with Gasteiger partial charge < -0.3 is 10.3 Å². The topological polar surface area (TPSA) is 62.7 Å². The molecule has 0 radical (unpaired) electrons. The van der Waals surface area contributed by atoms with Crippen LogP contribution in [-0.2, 0) is 13.1 Å². The summed E-state index contributed by atoms with van der Waals surface area (Å²) in [5, 5.41) is 7.41. The largest absolute Gasteiger partial charge is 0.357 e. The Balaban J connectivity index is 2.05. The minimum Gasteiger partial charge on any atom is -0.357 e. The highest BCUT2D eigenvalue weighted by Gasteiger charge is 2.12. The second-order valence-electron chi connectivity index (χ2n) is 4.64. The summed E-state index contributed by atoms with van der Waals surface area (Å²) in [6.07, 6.45) is 2.79. The maximum atomic E-state index is 11.9. The zero-order chi connectivity index (χ0) is 13.8. The van der Waals surface area contributed by atoms with Gasteiger partial charge in [-0.2, -0.15) is 5.10 Å². The fourth-order valence-electron chi connectivity index (χ4n) is 2.15. The Kier molecular flexibility index (Phi) is 4.04. The van der Waals surface area contributed by atoms with Gasteiger partial charge in [0.1, 0.15) is 5.69 Å². The molecule has 2 rings (SSSR count). The highest BCUT2D eigenvalue weighted by Crippen LogP contribution is 2.13. The van der Waals surface area contributed by atoms with Crippen LogP contribution >= 0.6 is 0 Å². The van der Waals surface area contributed by atoms with E-state index in [1.165, 1.54) is 0 Å². The third kappa shape index (κ3) is 2.86. The summed E-state index contributed by atoms with van der Waals surface area (Å²) in [7, 11) is 0. The average molecular weight is 260 g/mol. The average Bonchev–Trinajstić information content (AvgIpc) is 2.99. The predicted octanol–water partition coefficient (Wildman–Crippen LogP) is 2.17. The quantitative estimate of drug-likeness (QED) is 0.865. The van der Waals surface area contributed by atoms with Gasteiger partial charge in [-0.05, 0) is 32.4 Å². The van der Waals surface area contributed by atoms with Crippen molar-refractivity contribution in [2.75, 3.05) is 0 Å². The molecule has 1 amide bonds. The summed E-state index contributed by atoms with van der Waals surface area (Å²) in [6, 6.07) is 3.57. The lowest BCUT2D eigenvalue weighted by Gasteiger charge is -2.05. The zero-order valence-corrected chi connectivity index (χ0v) is 11.7. The van der Waals surface area contributed by atoms with E-state index in [0.717, 1.165) is 29.9 Å². The molecular formula is C14H20N4O. The lowest BCUT2D eigenvalue weighted by atomic mass is 10.2. The first-order valence-electron chi connectivity index (χ1n) is 6.58. The molecule has 0 atom stereocenters. The summed E-state index contributed by atoms with van der Waals surface area (Å²) < 4.78 is 2.01. The molecule has 0 saturated heterocycles. The Morgan fingerprint density at radius 3 is 2.89 bits per heavy atom. The molecular weight excluding hydrogens is 240 g/mol. The van der Waals surface area contributed by atoms with Crippen LogP contribution in [0.15, 0.2) is 18.3 Å². The summed E-state index contributed by atoms with van der Waals surface area (Å²) in [5.41, 5.74) is 3.80. The normalized spacial score (nSPS) is 10.7. The van der Waals surface area contributed by atoms with E-state index < -0.39 is 0 Å². The number of carbonyl (C=O) groups is 1. The van der Waals surface area contributed by atoms with E-state index in [9.17, 15) is 4.79 Å². The molecule has 0 spiro atoms. The van der Waals surface area contributed by atoms with Crippen molar-refractivity contribution in [1.29, 1.82) is 0 Å². The first-order valence-corrected chi connectivity index (χ1v) is 6.58. The van der Waals surface area contributed by atoms with E-state index in [1.807, 2.05) is 24.6 Å². The first kappa shape index (κ1) is 13.4. The van der Waals surface area contributed by atoms with Crippen molar-refractivity contribution in [3.05, 3.63) is 41.0 Å². The Hall–Kier alpha value is -2.04. The molecule has 2 N–H and O–H groups in total. The molecule has 2 heterocycles. The Morgan fingerprint density at radius 1 is 1.47 bits per heavy atom. The van der Waals surface area contributed by atoms with Gasteiger partial charge >= 0.3 is 0 Å². The smallest absolute Gasteiger partial charge is 0.267 e. The van der Waals surface area contributed by atoms with Gasteiger partial charge in [0, 0.05) is 30.5 Å². The van der Waals surface area contributed by atoms with Crippen LogP contribution in [-0.4, -0.2) is 20.7 Å². The Labute approximate surface area is 113 Å². The van der Waals surface area contributed by atoms with Crippen LogP contribution < -0.4 is 5.32 Å². The third-order valence-electron chi connectivity index (χ3n) is 3.24. The van der Waals surface area contributed by atoms with Crippen molar-refractivity contribution in [1.82, 2.24) is 20.1 Å². The monoisotopic (exact) mass is 260 g/mol. The van der Waals surface area contributed by atoms with Crippen LogP contribution in [0.5, 0.6) is 0 Å². The molecule has 0 bridgehead atoms. The van der Waals surface area contributed by atoms with Crippen molar-refractivity contribution in [3.8, 4) is 0 Å². The molecule has 102 valence electrons. The highest BCUT2D eigenvalue weighted by atomic mass is 16.1. The van der Waals surface area contributed by atoms with Crippen LogP contribution in [0.25, 0.3) is 0 Å². The molecule has 5 nitrogen and oxygen atoms in total. The lowest BCUT2D eigenvalue weighted by Crippen LogP contribution is -2.23. The number of hydrogen-bond donors (Lipinski definition) is 2. The van der Waals surface area contributed by atoms with Gasteiger partial charge in [0.25, 0.3) is 5.91 Å². The molecule has 0 aliphatic rings. The van der Waals surface area contributed by atoms with Crippen LogP contribution in [0.2, 0.25) is 0 Å². The van der Waals surface area contributed by atoms with Crippen molar-refractivity contribution in [2.24, 2.45) is 0 Å². The fourth-order valence-corrected chi connectivity index (χ4v) is 2.15. The van der Waals surface area contributed by atoms with E-state index in [4.69, 9.17) is 0 Å². The van der Waals surface area contributed by atoms with Crippen LogP contribution in [0.4, 0.5) is 0 Å². The second-order valence-corrected chi connectivity index (χ2v) is 4.64. The number of amides is 1. The van der Waals surface area contributed by atoms with Crippen molar-refractivity contribution >= 4 is 5.91 Å². The van der Waals surface area contributed by atoms with Crippen LogP contribution in [0, 0.1) is 13.8 Å². The molecule has 2 aromatic rings. The van der Waals surface area contributed by atoms with Gasteiger partial charge in [0.15, 0.2) is 0 Å². The Bertz CT molecular complexity index is 554. The minimum atomic E-state index is -0.0907. The number of hydrogen-bond acceptors (Lipinski definition) is 2. The third-order valence-corrected chi connectivity index (χ3v) is 3.24. The molecule has 2 aromatic heterocycles. The van der Waals surface area contributed by atoms with E-state index >= 15 is 0 Å². The molecule has 0 aliphatic carbocycles. The fraction of sp³-hybridized carbons (Fsp3) is 0.429. The second kappa shape index (κ2) is 5.73. The maximum absolute atomic E-state index is 11.9. The number of H-pyrrole nitrogens is 1. The molecule has 0 saturated carbocycles. The first-order chi connectivity index (χ1) is 9.13. The number of aromatic nitrogens is 3. The van der Waals surface area contributed by atoms with Gasteiger partial charge in [-0.3, -0.25) is 9.48 Å². The zero-order valence-electron chi connectivity index (χ0n) is 11.7. The standard InChI is InChI=1S/C14H20N4O/c1-4-8-18-11(3)12(10(2)17-18)9-16-14(19)13-6-5-7-15-13/h5-7,15H,4,8-9H2,1-3H3,(H,16,19). The van der Waals surface area contributed by atoms with Crippen LogP contribution in [0.3, 0.4) is 0 Å². The molecule has 0 fully saturated rings. The van der Waals surface area contributed by atoms with Crippen LogP contribution in [0.1, 0.15) is 40.8 Å². The highest BCUT2D eigenvalue weighted by molar-refractivity contribution is 5.92.